The molecule has 7 nitrogen and oxygen atoms in total. The number of nitrogens with one attached hydrogen (secondary N) is 1. The van der Waals surface area contributed by atoms with E-state index >= 15 is 0 Å². The van der Waals surface area contributed by atoms with Crippen LogP contribution in [0, 0.1) is 23.7 Å². The van der Waals surface area contributed by atoms with Crippen molar-refractivity contribution >= 4 is 17.6 Å². The van der Waals surface area contributed by atoms with Gasteiger partial charge in [0.2, 0.25) is 5.76 Å². The number of nitrogens with zero attached hydrogens (tertiary/aromatic N) is 2. The number of carbonyl (C=O) groups excluding carboxylic acids is 2. The third kappa shape index (κ3) is 2.61. The topological polar surface area (TPSA) is 93.8 Å². The number of aryl methyl sites for hydroxylation is 1. The second kappa shape index (κ2) is 5.72. The molecule has 7 heteroatoms. The molecule has 2 unspecified atom stereocenters. The molecule has 1 aromatic heterocycles. The molecule has 3 rings (SSSR count). The van der Waals surface area contributed by atoms with Crippen molar-refractivity contribution in [2.45, 2.75) is 47.0 Å². The fourth-order valence-electron chi connectivity index (χ4n) is 3.92. The molecule has 1 aromatic rings. The van der Waals surface area contributed by atoms with Crippen LogP contribution in [-0.2, 0) is 9.53 Å². The first-order valence-electron chi connectivity index (χ1n) is 8.20. The molecule has 24 heavy (non-hydrogen) atoms. The van der Waals surface area contributed by atoms with E-state index in [1.54, 1.807) is 6.92 Å². The van der Waals surface area contributed by atoms with Crippen LogP contribution in [0.5, 0.6) is 0 Å². The van der Waals surface area contributed by atoms with E-state index in [1.165, 1.54) is 12.5 Å². The van der Waals surface area contributed by atoms with Gasteiger partial charge in [-0.25, -0.2) is 10.2 Å². The summed E-state index contributed by atoms with van der Waals surface area (Å²) in [6.45, 7) is 8.06. The number of aromatic nitrogens is 1. The summed E-state index contributed by atoms with van der Waals surface area (Å²) in [5, 5.41) is 7.92. The Morgan fingerprint density at radius 1 is 1.46 bits per heavy atom. The second-order valence-corrected chi connectivity index (χ2v) is 7.50. The molecule has 130 valence electrons. The summed E-state index contributed by atoms with van der Waals surface area (Å²) in [5.74, 6) is -0.581. The van der Waals surface area contributed by atoms with Crippen LogP contribution in [0.15, 0.2) is 15.7 Å². The van der Waals surface area contributed by atoms with Gasteiger partial charge in [0, 0.05) is 17.2 Å². The van der Waals surface area contributed by atoms with Crippen LogP contribution < -0.4 is 5.43 Å². The van der Waals surface area contributed by atoms with Gasteiger partial charge in [-0.2, -0.15) is 5.10 Å². The van der Waals surface area contributed by atoms with Gasteiger partial charge in [-0.3, -0.25) is 4.79 Å². The molecule has 2 fully saturated rings. The molecule has 0 saturated heterocycles. The normalized spacial score (nSPS) is 29.0. The van der Waals surface area contributed by atoms with Gasteiger partial charge in [0.1, 0.15) is 0 Å². The van der Waals surface area contributed by atoms with Gasteiger partial charge in [0.05, 0.1) is 5.69 Å². The Morgan fingerprint density at radius 2 is 2.21 bits per heavy atom. The quantitative estimate of drug-likeness (QED) is 0.675. The Morgan fingerprint density at radius 3 is 2.75 bits per heavy atom. The lowest BCUT2D eigenvalue weighted by atomic mass is 9.70. The smallest absolute Gasteiger partial charge is 0.377 e. The van der Waals surface area contributed by atoms with Crippen LogP contribution in [0.1, 0.15) is 56.3 Å². The zero-order chi connectivity index (χ0) is 17.5. The molecule has 0 aliphatic heterocycles. The Labute approximate surface area is 140 Å². The van der Waals surface area contributed by atoms with Crippen LogP contribution in [-0.4, -0.2) is 29.4 Å². The van der Waals surface area contributed by atoms with E-state index in [1.807, 2.05) is 0 Å². The largest absolute Gasteiger partial charge is 0.450 e. The highest BCUT2D eigenvalue weighted by Crippen LogP contribution is 2.63. The first-order valence-corrected chi connectivity index (χ1v) is 8.20. The van der Waals surface area contributed by atoms with Crippen LogP contribution in [0.4, 0.5) is 0 Å². The van der Waals surface area contributed by atoms with Crippen molar-refractivity contribution in [3.63, 3.8) is 0 Å². The molecule has 0 aromatic carbocycles. The number of amides is 1. The maximum Gasteiger partial charge on any atom is 0.377 e. The van der Waals surface area contributed by atoms with Crippen molar-refractivity contribution in [2.75, 3.05) is 6.61 Å². The minimum absolute atomic E-state index is 0.0195. The number of hydrogen-bond acceptors (Lipinski definition) is 6. The molecule has 2 bridgehead atoms. The molecule has 0 radical (unpaired) electrons. The molecular weight excluding hydrogens is 310 g/mol. The third-order valence-electron chi connectivity index (χ3n) is 5.99. The number of hydrazone groups is 1. The van der Waals surface area contributed by atoms with Gasteiger partial charge < -0.3 is 9.26 Å². The number of hydrogen-bond donors (Lipinski definition) is 1. The van der Waals surface area contributed by atoms with Gasteiger partial charge in [0.25, 0.3) is 5.91 Å². The Kier molecular flexibility index (Phi) is 3.97. The molecule has 2 aliphatic carbocycles. The lowest BCUT2D eigenvalue weighted by Gasteiger charge is -2.34. The predicted molar refractivity (Wildman–Crippen MR) is 86.3 cm³/mol. The molecule has 1 N–H and O–H groups in total. The van der Waals surface area contributed by atoms with E-state index in [0.29, 0.717) is 11.6 Å². The molecule has 2 saturated carbocycles. The van der Waals surface area contributed by atoms with E-state index in [4.69, 9.17) is 9.26 Å². The molecular formula is C17H23N3O4. The lowest BCUT2D eigenvalue weighted by molar-refractivity contribution is -0.124. The minimum Gasteiger partial charge on any atom is -0.450 e. The van der Waals surface area contributed by atoms with Gasteiger partial charge in [-0.1, -0.05) is 25.9 Å². The molecule has 1 amide bonds. The monoisotopic (exact) mass is 333 g/mol. The fraction of sp³-hybridized carbons (Fsp3) is 0.647. The van der Waals surface area contributed by atoms with Crippen molar-refractivity contribution in [1.82, 2.24) is 10.6 Å². The number of esters is 1. The highest BCUT2D eigenvalue weighted by molar-refractivity contribution is 5.95. The summed E-state index contributed by atoms with van der Waals surface area (Å²) >= 11 is 0. The Balaban J connectivity index is 1.54. The average molecular weight is 333 g/mol. The van der Waals surface area contributed by atoms with Crippen molar-refractivity contribution in [1.29, 1.82) is 0 Å². The average Bonchev–Trinajstić information content (AvgIpc) is 3.11. The van der Waals surface area contributed by atoms with Gasteiger partial charge in [0.15, 0.2) is 6.61 Å². The molecule has 1 heterocycles. The van der Waals surface area contributed by atoms with Crippen molar-refractivity contribution in [3.05, 3.63) is 17.5 Å². The fourth-order valence-corrected chi connectivity index (χ4v) is 3.92. The van der Waals surface area contributed by atoms with Gasteiger partial charge >= 0.3 is 5.97 Å². The van der Waals surface area contributed by atoms with E-state index < -0.39 is 18.5 Å². The summed E-state index contributed by atoms with van der Waals surface area (Å²) in [4.78, 5) is 23.6. The molecule has 2 aliphatic rings. The summed E-state index contributed by atoms with van der Waals surface area (Å²) in [7, 11) is 0. The number of rotatable bonds is 4. The standard InChI is InChI=1S/C17H23N3O4/c1-10-7-12(24-20-10)15(22)23-9-14(21)19-18-13-8-11-5-6-17(13,4)16(11,2)3/h7,11H,5-6,8-9H2,1-4H3,(H,19,21)/b18-13+. The second-order valence-electron chi connectivity index (χ2n) is 7.50. The minimum atomic E-state index is -0.716. The third-order valence-corrected chi connectivity index (χ3v) is 5.99. The zero-order valence-corrected chi connectivity index (χ0v) is 14.5. The summed E-state index contributed by atoms with van der Waals surface area (Å²) < 4.78 is 9.68. The van der Waals surface area contributed by atoms with E-state index in [-0.39, 0.29) is 16.6 Å². The first kappa shape index (κ1) is 16.7. The van der Waals surface area contributed by atoms with Crippen molar-refractivity contribution < 1.29 is 18.8 Å². The van der Waals surface area contributed by atoms with Crippen LogP contribution in [0.3, 0.4) is 0 Å². The van der Waals surface area contributed by atoms with Crippen LogP contribution in [0.2, 0.25) is 0 Å². The maximum atomic E-state index is 11.9. The SMILES string of the molecule is Cc1cc(C(=O)OCC(=O)N/N=C2\CC3CCC2(C)C3(C)C)on1. The van der Waals surface area contributed by atoms with Crippen molar-refractivity contribution in [2.24, 2.45) is 21.8 Å². The van der Waals surface area contributed by atoms with Gasteiger partial charge in [-0.15, -0.1) is 0 Å². The summed E-state index contributed by atoms with van der Waals surface area (Å²) in [5.41, 5.74) is 4.35. The summed E-state index contributed by atoms with van der Waals surface area (Å²) in [6.07, 6.45) is 3.23. The van der Waals surface area contributed by atoms with E-state index in [2.05, 4.69) is 36.5 Å². The van der Waals surface area contributed by atoms with Crippen LogP contribution >= 0.6 is 0 Å². The Bertz CT molecular complexity index is 706. The van der Waals surface area contributed by atoms with E-state index in [0.717, 1.165) is 18.6 Å². The first-order chi connectivity index (χ1) is 11.2. The number of carbonyl (C=O) groups is 2. The maximum absolute atomic E-state index is 11.9. The number of fused-ring (bicyclic) bond motifs is 2. The van der Waals surface area contributed by atoms with Crippen molar-refractivity contribution in [3.8, 4) is 0 Å². The Hall–Kier alpha value is -2.18. The molecule has 0 spiro atoms. The van der Waals surface area contributed by atoms with Crippen LogP contribution in [0.25, 0.3) is 0 Å². The van der Waals surface area contributed by atoms with E-state index in [9.17, 15) is 9.59 Å². The van der Waals surface area contributed by atoms with Gasteiger partial charge in [-0.05, 0) is 37.5 Å². The molecule has 2 atom stereocenters. The number of ether oxygens (including phenoxy) is 1. The highest BCUT2D eigenvalue weighted by Gasteiger charge is 2.60. The highest BCUT2D eigenvalue weighted by atomic mass is 16.6. The lowest BCUT2D eigenvalue weighted by Crippen LogP contribution is -2.34. The summed E-state index contributed by atoms with van der Waals surface area (Å²) in [6, 6.07) is 1.46. The predicted octanol–water partition coefficient (Wildman–Crippen LogP) is 2.46. The zero-order valence-electron chi connectivity index (χ0n) is 14.5.